The lowest BCUT2D eigenvalue weighted by Gasteiger charge is -2.29. The Labute approximate surface area is 350 Å². The van der Waals surface area contributed by atoms with Crippen molar-refractivity contribution in [2.45, 2.75) is 52.4 Å². The maximum Gasteiger partial charge on any atom is 0.136 e. The van der Waals surface area contributed by atoms with Gasteiger partial charge in [-0.25, -0.2) is 0 Å². The van der Waals surface area contributed by atoms with Gasteiger partial charge in [0.15, 0.2) is 0 Å². The predicted molar refractivity (Wildman–Crippen MR) is 254 cm³/mol. The lowest BCUT2D eigenvalue weighted by Crippen LogP contribution is -2.17. The largest absolute Gasteiger partial charge is 0.456 e. The second-order valence-corrected chi connectivity index (χ2v) is 16.9. The van der Waals surface area contributed by atoms with E-state index < -0.39 is 0 Å². The van der Waals surface area contributed by atoms with E-state index in [1.54, 1.807) is 0 Å². The molecule has 0 N–H and O–H groups in total. The van der Waals surface area contributed by atoms with E-state index in [0.29, 0.717) is 11.8 Å². The van der Waals surface area contributed by atoms with Gasteiger partial charge in [-0.2, -0.15) is 0 Å². The number of fused-ring (bicyclic) bond motifs is 9. The van der Waals surface area contributed by atoms with Crippen LogP contribution < -0.4 is 9.80 Å². The van der Waals surface area contributed by atoms with Gasteiger partial charge in [0, 0.05) is 55.7 Å². The molecule has 8 aromatic carbocycles. The van der Waals surface area contributed by atoms with E-state index in [2.05, 4.69) is 207 Å². The molecule has 0 amide bonds. The molecule has 0 aliphatic heterocycles. The van der Waals surface area contributed by atoms with E-state index in [-0.39, 0.29) is 0 Å². The molecule has 0 saturated heterocycles. The smallest absolute Gasteiger partial charge is 0.136 e. The predicted octanol–water partition coefficient (Wildman–Crippen LogP) is 16.9. The lowest BCUT2D eigenvalue weighted by atomic mass is 9.99. The Balaban J connectivity index is 1.02. The van der Waals surface area contributed by atoms with Crippen LogP contribution >= 0.6 is 0 Å². The fourth-order valence-electron chi connectivity index (χ4n) is 9.17. The fourth-order valence-corrected chi connectivity index (χ4v) is 9.17. The SMILES string of the molecule is CC(C)c1ccc(N(C2=CC=CCC2)c2ccc3cc4c(cc3c2)oc2ccc3oc5cc6cc(N(c7ccccc7)c7ccc(C(C)C)cc7)ccc6cc5c3c24)cc1. The number of hydrogen-bond donors (Lipinski definition) is 0. The highest BCUT2D eigenvalue weighted by atomic mass is 16.3. The van der Waals surface area contributed by atoms with Crippen molar-refractivity contribution in [3.8, 4) is 0 Å². The van der Waals surface area contributed by atoms with Gasteiger partial charge in [-0.15, -0.1) is 0 Å². The van der Waals surface area contributed by atoms with Crippen LogP contribution in [0.1, 0.15) is 63.5 Å². The van der Waals surface area contributed by atoms with Gasteiger partial charge in [0.25, 0.3) is 0 Å². The van der Waals surface area contributed by atoms with Gasteiger partial charge >= 0.3 is 0 Å². The zero-order valence-electron chi connectivity index (χ0n) is 34.4. The van der Waals surface area contributed by atoms with Gasteiger partial charge in [-0.3, -0.25) is 0 Å². The summed E-state index contributed by atoms with van der Waals surface area (Å²) in [4.78, 5) is 4.74. The highest BCUT2D eigenvalue weighted by molar-refractivity contribution is 6.27. The zero-order valence-corrected chi connectivity index (χ0v) is 34.4. The van der Waals surface area contributed by atoms with Crippen LogP contribution in [-0.2, 0) is 0 Å². The van der Waals surface area contributed by atoms with Crippen LogP contribution in [0.25, 0.3) is 65.4 Å². The van der Waals surface area contributed by atoms with Crippen LogP contribution in [0.2, 0.25) is 0 Å². The fraction of sp³-hybridized carbons (Fsp3) is 0.143. The summed E-state index contributed by atoms with van der Waals surface area (Å²) < 4.78 is 13.3. The van der Waals surface area contributed by atoms with E-state index in [9.17, 15) is 0 Å². The van der Waals surface area contributed by atoms with Gasteiger partial charge in [0.1, 0.15) is 22.3 Å². The van der Waals surface area contributed by atoms with E-state index in [1.165, 1.54) is 27.9 Å². The maximum atomic E-state index is 6.68. The molecular weight excluding hydrogens is 733 g/mol. The Morgan fingerprint density at radius 3 is 1.42 bits per heavy atom. The Bertz CT molecular complexity index is 3310. The summed E-state index contributed by atoms with van der Waals surface area (Å²) in [5.41, 5.74) is 13.1. The second-order valence-electron chi connectivity index (χ2n) is 16.9. The highest BCUT2D eigenvalue weighted by Crippen LogP contribution is 2.44. The normalized spacial score (nSPS) is 13.2. The molecule has 4 nitrogen and oxygen atoms in total. The topological polar surface area (TPSA) is 32.8 Å². The third-order valence-electron chi connectivity index (χ3n) is 12.4. The van der Waals surface area contributed by atoms with Crippen LogP contribution in [0.4, 0.5) is 28.4 Å². The molecule has 0 radical (unpaired) electrons. The number of furan rings is 2. The van der Waals surface area contributed by atoms with Crippen molar-refractivity contribution in [2.24, 2.45) is 0 Å². The molecule has 10 aromatic rings. The van der Waals surface area contributed by atoms with Crippen LogP contribution in [0.3, 0.4) is 0 Å². The molecule has 60 heavy (non-hydrogen) atoms. The molecule has 292 valence electrons. The van der Waals surface area contributed by atoms with Crippen molar-refractivity contribution >= 4 is 93.9 Å². The minimum atomic E-state index is 0.474. The molecule has 2 aromatic heterocycles. The lowest BCUT2D eigenvalue weighted by molar-refractivity contribution is 0.663. The first kappa shape index (κ1) is 36.1. The van der Waals surface area contributed by atoms with Crippen LogP contribution in [0.5, 0.6) is 0 Å². The summed E-state index contributed by atoms with van der Waals surface area (Å²) in [6.07, 6.45) is 8.71. The van der Waals surface area contributed by atoms with E-state index in [1.807, 2.05) is 0 Å². The van der Waals surface area contributed by atoms with Gasteiger partial charge < -0.3 is 18.6 Å². The van der Waals surface area contributed by atoms with Crippen molar-refractivity contribution < 1.29 is 8.83 Å². The number of para-hydroxylation sites is 1. The summed E-state index contributed by atoms with van der Waals surface area (Å²) in [6.45, 7) is 8.96. The van der Waals surface area contributed by atoms with Crippen molar-refractivity contribution in [3.05, 3.63) is 187 Å². The molecule has 0 bridgehead atoms. The number of allylic oxidation sites excluding steroid dienone is 4. The van der Waals surface area contributed by atoms with E-state index >= 15 is 0 Å². The minimum Gasteiger partial charge on any atom is -0.456 e. The number of hydrogen-bond acceptors (Lipinski definition) is 4. The Morgan fingerprint density at radius 1 is 0.433 bits per heavy atom. The van der Waals surface area contributed by atoms with Gasteiger partial charge in [-0.1, -0.05) is 94.4 Å². The number of rotatable bonds is 8. The number of benzene rings is 8. The third kappa shape index (κ3) is 6.14. The van der Waals surface area contributed by atoms with Crippen LogP contribution in [-0.4, -0.2) is 0 Å². The monoisotopic (exact) mass is 778 g/mol. The molecule has 1 aliphatic carbocycles. The highest BCUT2D eigenvalue weighted by Gasteiger charge is 2.21. The van der Waals surface area contributed by atoms with Crippen LogP contribution in [0.15, 0.2) is 184 Å². The number of anilines is 5. The standard InChI is InChI=1S/C56H46N2O2/c1-35(2)37-15-21-45(22-16-37)57(43-11-7-5-8-12-43)47-25-19-39-31-49-53(33-41(39)29-47)59-51-27-28-52-56(55(49)51)50-32-40-20-26-48(30-42(40)34-54(50)60-52)58(44-13-9-6-10-14-44)46-23-17-38(18-24-46)36(3)4/h5-9,11-13,15-36H,10,14H2,1-4H3. The molecule has 2 heterocycles. The first-order valence-corrected chi connectivity index (χ1v) is 21.3. The molecule has 1 aliphatic rings. The van der Waals surface area contributed by atoms with Crippen molar-refractivity contribution in [1.29, 1.82) is 0 Å². The molecule has 11 rings (SSSR count). The Kier molecular flexibility index (Phi) is 8.63. The Hall–Kier alpha value is -7.04. The second kappa shape index (κ2) is 14.4. The average Bonchev–Trinajstić information content (AvgIpc) is 3.82. The molecule has 0 atom stereocenters. The molecule has 0 spiro atoms. The average molecular weight is 779 g/mol. The van der Waals surface area contributed by atoms with Crippen LogP contribution in [0, 0.1) is 0 Å². The van der Waals surface area contributed by atoms with Crippen molar-refractivity contribution in [3.63, 3.8) is 0 Å². The summed E-state index contributed by atoms with van der Waals surface area (Å²) in [5.74, 6) is 0.961. The van der Waals surface area contributed by atoms with Crippen molar-refractivity contribution in [2.75, 3.05) is 9.80 Å². The van der Waals surface area contributed by atoms with E-state index in [4.69, 9.17) is 8.83 Å². The first-order valence-electron chi connectivity index (χ1n) is 21.3. The van der Waals surface area contributed by atoms with Gasteiger partial charge in [0.05, 0.1) is 0 Å². The quantitative estimate of drug-likeness (QED) is 0.154. The molecule has 0 saturated carbocycles. The van der Waals surface area contributed by atoms with Gasteiger partial charge in [-0.05, 0) is 160 Å². The summed E-state index contributed by atoms with van der Waals surface area (Å²) in [7, 11) is 0. The summed E-state index contributed by atoms with van der Waals surface area (Å²) >= 11 is 0. The minimum absolute atomic E-state index is 0.474. The Morgan fingerprint density at radius 2 is 0.917 bits per heavy atom. The first-order chi connectivity index (χ1) is 29.4. The van der Waals surface area contributed by atoms with Gasteiger partial charge in [0.2, 0.25) is 0 Å². The molecule has 0 fully saturated rings. The maximum absolute atomic E-state index is 6.68. The number of nitrogens with zero attached hydrogens (tertiary/aromatic N) is 2. The molecular formula is C56H46N2O2. The summed E-state index contributed by atoms with van der Waals surface area (Å²) in [5, 5.41) is 8.97. The molecule has 4 heteroatoms. The zero-order chi connectivity index (χ0) is 40.5. The summed E-state index contributed by atoms with van der Waals surface area (Å²) in [6, 6.07) is 55.2. The molecule has 0 unspecified atom stereocenters. The van der Waals surface area contributed by atoms with Crippen molar-refractivity contribution in [1.82, 2.24) is 0 Å². The third-order valence-corrected chi connectivity index (χ3v) is 12.4. The van der Waals surface area contributed by atoms with E-state index in [0.717, 1.165) is 95.6 Å².